The Morgan fingerprint density at radius 1 is 0.561 bits per heavy atom. The summed E-state index contributed by atoms with van der Waals surface area (Å²) < 4.78 is 4.83. The van der Waals surface area contributed by atoms with Gasteiger partial charge in [-0.3, -0.25) is 24.0 Å². The first-order valence-corrected chi connectivity index (χ1v) is 20.3. The number of ketones is 3. The summed E-state index contributed by atoms with van der Waals surface area (Å²) in [6.07, 6.45) is 1.31. The predicted octanol–water partition coefficient (Wildman–Crippen LogP) is 11.3. The van der Waals surface area contributed by atoms with Crippen molar-refractivity contribution in [3.8, 4) is 17.2 Å². The molecule has 0 radical (unpaired) electrons. The second kappa shape index (κ2) is 44.7. The highest BCUT2D eigenvalue weighted by Crippen LogP contribution is 2.27. The Balaban J connectivity index is -0.000000142. The van der Waals surface area contributed by atoms with E-state index in [0.717, 1.165) is 19.6 Å². The monoisotopic (exact) mass is 861 g/mol. The molecule has 326 valence electrons. The zero-order valence-corrected chi connectivity index (χ0v) is 38.8. The molecule has 0 spiro atoms. The molecule has 0 aliphatic heterocycles. The largest absolute Gasteiger partial charge is 0.506 e. The van der Waals surface area contributed by atoms with Gasteiger partial charge in [0.2, 0.25) is 5.91 Å². The molecule has 1 amide bonds. The molecule has 11 nitrogen and oxygen atoms in total. The molecule has 0 heterocycles. The molecule has 0 fully saturated rings. The number of benzene rings is 3. The van der Waals surface area contributed by atoms with Gasteiger partial charge in [0.25, 0.3) is 0 Å². The van der Waals surface area contributed by atoms with Crippen molar-refractivity contribution >= 4 is 64.0 Å². The van der Waals surface area contributed by atoms with Crippen LogP contribution in [0.4, 0.5) is 0 Å². The van der Waals surface area contributed by atoms with Crippen LogP contribution in [-0.4, -0.2) is 59.1 Å². The quantitative estimate of drug-likeness (QED) is 0.0825. The molecule has 0 aliphatic carbocycles. The van der Waals surface area contributed by atoms with Crippen molar-refractivity contribution in [3.05, 3.63) is 86.4 Å². The number of rotatable bonds is 8. The lowest BCUT2D eigenvalue weighted by atomic mass is 10.1. The van der Waals surface area contributed by atoms with Crippen LogP contribution in [0.1, 0.15) is 147 Å². The summed E-state index contributed by atoms with van der Waals surface area (Å²) in [7, 11) is 0. The van der Waals surface area contributed by atoms with Gasteiger partial charge in [0.05, 0.1) is 15.1 Å². The van der Waals surface area contributed by atoms with E-state index in [0.29, 0.717) is 36.0 Å². The molecule has 0 atom stereocenters. The first-order chi connectivity index (χ1) is 26.9. The number of nitrogens with two attached hydrogens (primary N) is 2. The molecule has 0 aliphatic rings. The van der Waals surface area contributed by atoms with E-state index in [-0.39, 0.29) is 55.6 Å². The van der Waals surface area contributed by atoms with Crippen molar-refractivity contribution in [1.82, 2.24) is 5.32 Å². The van der Waals surface area contributed by atoms with E-state index in [1.807, 2.05) is 62.3 Å². The van der Waals surface area contributed by atoms with E-state index in [4.69, 9.17) is 61.2 Å². The number of esters is 1. The van der Waals surface area contributed by atoms with Crippen LogP contribution in [0.3, 0.4) is 0 Å². The number of amides is 1. The van der Waals surface area contributed by atoms with E-state index in [1.165, 1.54) is 50.2 Å². The van der Waals surface area contributed by atoms with Gasteiger partial charge in [-0.1, -0.05) is 111 Å². The SMILES string of the molecule is CC.CC.CC.CCC(=O)c1ccc(O)c(Cl)c1.CCC(=O)c1ccc(O)c(Cl)c1.CCC(=O)c1ccc(OC(C)=O)c(Cl)c1.CCN.CCN.CCNC(C)=O. The summed E-state index contributed by atoms with van der Waals surface area (Å²) in [6, 6.07) is 13.5. The minimum absolute atomic E-state index is 0.00400. The van der Waals surface area contributed by atoms with Gasteiger partial charge in [-0.15, -0.1) is 0 Å². The summed E-state index contributed by atoms with van der Waals surface area (Å²) in [5.41, 5.74) is 11.3. The van der Waals surface area contributed by atoms with Crippen molar-refractivity contribution in [2.24, 2.45) is 11.5 Å². The lowest BCUT2D eigenvalue weighted by molar-refractivity contribution is -0.131. The van der Waals surface area contributed by atoms with Crippen LogP contribution in [0.2, 0.25) is 15.1 Å². The van der Waals surface area contributed by atoms with Crippen LogP contribution in [0, 0.1) is 0 Å². The van der Waals surface area contributed by atoms with Crippen molar-refractivity contribution in [1.29, 1.82) is 0 Å². The zero-order chi connectivity index (χ0) is 46.1. The van der Waals surface area contributed by atoms with Crippen molar-refractivity contribution in [3.63, 3.8) is 0 Å². The Kier molecular flexibility index (Phi) is 50.9. The number of nitrogens with one attached hydrogen (secondary N) is 1. The molecule has 57 heavy (non-hydrogen) atoms. The normalized spacial score (nSPS) is 8.47. The van der Waals surface area contributed by atoms with Gasteiger partial charge in [-0.2, -0.15) is 0 Å². The third-order valence-corrected chi connectivity index (χ3v) is 6.34. The lowest BCUT2D eigenvalue weighted by Gasteiger charge is -2.05. The number of carbonyl (C=O) groups is 5. The van der Waals surface area contributed by atoms with Gasteiger partial charge in [0.1, 0.15) is 17.2 Å². The van der Waals surface area contributed by atoms with E-state index >= 15 is 0 Å². The molecule has 0 saturated carbocycles. The number of carbonyl (C=O) groups excluding carboxylic acids is 5. The van der Waals surface area contributed by atoms with Gasteiger partial charge in [0.15, 0.2) is 17.3 Å². The number of halogens is 3. The minimum atomic E-state index is -0.438. The molecule has 3 rings (SSSR count). The van der Waals surface area contributed by atoms with E-state index in [1.54, 1.807) is 39.0 Å². The number of phenolic OH excluding ortho intramolecular Hbond substituents is 2. The van der Waals surface area contributed by atoms with E-state index < -0.39 is 5.97 Å². The Morgan fingerprint density at radius 2 is 0.842 bits per heavy atom. The zero-order valence-electron chi connectivity index (χ0n) is 36.6. The van der Waals surface area contributed by atoms with Crippen LogP contribution < -0.4 is 21.5 Å². The third-order valence-electron chi connectivity index (χ3n) is 5.44. The molecule has 0 unspecified atom stereocenters. The molecule has 3 aromatic rings. The summed E-state index contributed by atoms with van der Waals surface area (Å²) >= 11 is 17.1. The average molecular weight is 863 g/mol. The van der Waals surface area contributed by atoms with Crippen LogP contribution in [0.15, 0.2) is 54.6 Å². The topological polar surface area (TPSA) is 199 Å². The first kappa shape index (κ1) is 64.9. The third kappa shape index (κ3) is 36.1. The number of Topliss-reactive ketones (excluding diaryl/α,β-unsaturated/α-hetero) is 3. The standard InChI is InChI=1S/C11H11ClO3.2C9H9ClO2.C4H9NO.2C2H7N.3C2H6/c1-3-10(14)8-4-5-11(9(12)6-8)15-7(2)13;2*1-2-8(11)6-3-4-9(12)7(10)5-6;1-3-5-4(2)6;2*1-2-3;3*1-2/h4-6H,3H2,1-2H3;2*3-5,12H,2H2,1H3;3H2,1-2H3,(H,5,6);2*2-3H2,1H3;3*1-2H3. The fourth-order valence-electron chi connectivity index (χ4n) is 3.13. The van der Waals surface area contributed by atoms with E-state index in [2.05, 4.69) is 5.32 Å². The second-order valence-corrected chi connectivity index (χ2v) is 11.0. The fraction of sp³-hybridized carbons (Fsp3) is 0.465. The Morgan fingerprint density at radius 3 is 1.04 bits per heavy atom. The molecule has 7 N–H and O–H groups in total. The molecule has 14 heteroatoms. The summed E-state index contributed by atoms with van der Waals surface area (Å²) in [5.74, 6) is -0.0606. The van der Waals surface area contributed by atoms with Crippen LogP contribution in [0.25, 0.3) is 0 Å². The van der Waals surface area contributed by atoms with Crippen molar-refractivity contribution < 1.29 is 38.9 Å². The van der Waals surface area contributed by atoms with Crippen molar-refractivity contribution in [2.45, 2.75) is 116 Å². The number of ether oxygens (including phenoxy) is 1. The highest BCUT2D eigenvalue weighted by atomic mass is 35.5. The molecule has 3 aromatic carbocycles. The maximum Gasteiger partial charge on any atom is 0.308 e. The first-order valence-electron chi connectivity index (χ1n) is 19.1. The minimum Gasteiger partial charge on any atom is -0.506 e. The number of phenols is 2. The molecular formula is C43H70Cl3N3O8. The summed E-state index contributed by atoms with van der Waals surface area (Å²) in [4.78, 5) is 54.2. The highest BCUT2D eigenvalue weighted by molar-refractivity contribution is 6.33. The van der Waals surface area contributed by atoms with Crippen molar-refractivity contribution in [2.75, 3.05) is 19.6 Å². The molecular weight excluding hydrogens is 793 g/mol. The van der Waals surface area contributed by atoms with E-state index in [9.17, 15) is 24.0 Å². The van der Waals surface area contributed by atoms with Crippen LogP contribution in [0.5, 0.6) is 17.2 Å². The highest BCUT2D eigenvalue weighted by Gasteiger charge is 2.09. The Labute approximate surface area is 357 Å². The predicted molar refractivity (Wildman–Crippen MR) is 241 cm³/mol. The summed E-state index contributed by atoms with van der Waals surface area (Å²) in [5, 5.41) is 21.4. The van der Waals surface area contributed by atoms with Gasteiger partial charge < -0.3 is 31.7 Å². The van der Waals surface area contributed by atoms with Gasteiger partial charge >= 0.3 is 5.97 Å². The van der Waals surface area contributed by atoms with Gasteiger partial charge in [-0.25, -0.2) is 0 Å². The second-order valence-electron chi connectivity index (χ2n) is 9.80. The number of hydrogen-bond acceptors (Lipinski definition) is 10. The van der Waals surface area contributed by atoms with Gasteiger partial charge in [-0.05, 0) is 74.6 Å². The Bertz CT molecular complexity index is 1460. The molecule has 0 saturated heterocycles. The smallest absolute Gasteiger partial charge is 0.308 e. The lowest BCUT2D eigenvalue weighted by Crippen LogP contribution is -2.18. The Hall–Kier alpha value is -4.00. The molecule has 0 aromatic heterocycles. The van der Waals surface area contributed by atoms with Crippen LogP contribution in [-0.2, 0) is 9.59 Å². The fourth-order valence-corrected chi connectivity index (χ4v) is 3.71. The summed E-state index contributed by atoms with van der Waals surface area (Å²) in [6.45, 7) is 28.1. The van der Waals surface area contributed by atoms with Crippen LogP contribution >= 0.6 is 34.8 Å². The number of hydrogen-bond donors (Lipinski definition) is 5. The number of aromatic hydroxyl groups is 2. The maximum absolute atomic E-state index is 11.3. The maximum atomic E-state index is 11.3. The molecule has 0 bridgehead atoms. The van der Waals surface area contributed by atoms with Gasteiger partial charge in [0, 0.05) is 56.3 Å². The average Bonchev–Trinajstić information content (AvgIpc) is 3.20.